The summed E-state index contributed by atoms with van der Waals surface area (Å²) in [5, 5.41) is 13.0. The van der Waals surface area contributed by atoms with Crippen molar-refractivity contribution in [2.75, 3.05) is 5.32 Å². The maximum Gasteiger partial charge on any atom is 0.227 e. The van der Waals surface area contributed by atoms with Crippen molar-refractivity contribution in [3.63, 3.8) is 0 Å². The molecule has 1 aliphatic carbocycles. The number of aromatic amines is 1. The molecule has 0 spiro atoms. The number of amides is 1. The number of nitrogens with zero attached hydrogens (tertiary/aromatic N) is 1. The van der Waals surface area contributed by atoms with E-state index in [0.29, 0.717) is 5.52 Å². The van der Waals surface area contributed by atoms with E-state index in [0.717, 1.165) is 40.3 Å². The first kappa shape index (κ1) is 15.1. The van der Waals surface area contributed by atoms with Gasteiger partial charge in [0.15, 0.2) is 0 Å². The van der Waals surface area contributed by atoms with E-state index in [-0.39, 0.29) is 17.5 Å². The quantitative estimate of drug-likeness (QED) is 0.556. The van der Waals surface area contributed by atoms with Gasteiger partial charge in [0.05, 0.1) is 16.9 Å². The van der Waals surface area contributed by atoms with Crippen LogP contribution in [0.4, 0.5) is 10.1 Å². The highest BCUT2D eigenvalue weighted by Gasteiger charge is 2.30. The first-order chi connectivity index (χ1) is 12.7. The van der Waals surface area contributed by atoms with Crippen LogP contribution >= 0.6 is 0 Å². The lowest BCUT2D eigenvalue weighted by Crippen LogP contribution is -2.14. The predicted octanol–water partition coefficient (Wildman–Crippen LogP) is 4.87. The summed E-state index contributed by atoms with van der Waals surface area (Å²) in [7, 11) is 0. The Morgan fingerprint density at radius 1 is 1.08 bits per heavy atom. The molecular weight excluding hydrogens is 329 g/mol. The van der Waals surface area contributed by atoms with E-state index < -0.39 is 5.82 Å². The van der Waals surface area contributed by atoms with Crippen molar-refractivity contribution in [1.82, 2.24) is 10.2 Å². The lowest BCUT2D eigenvalue weighted by molar-refractivity contribution is -0.117. The summed E-state index contributed by atoms with van der Waals surface area (Å²) in [6.07, 6.45) is 1.76. The Labute approximate surface area is 149 Å². The zero-order valence-corrected chi connectivity index (χ0v) is 13.9. The number of aromatic nitrogens is 2. The highest BCUT2D eigenvalue weighted by atomic mass is 19.1. The fraction of sp³-hybridized carbons (Fsp3) is 0.143. The third-order valence-corrected chi connectivity index (χ3v) is 4.88. The van der Waals surface area contributed by atoms with Crippen LogP contribution in [0.25, 0.3) is 32.9 Å². The number of hydrogen-bond acceptors (Lipinski definition) is 2. The summed E-state index contributed by atoms with van der Waals surface area (Å²) in [6, 6.07) is 17.3. The molecule has 2 N–H and O–H groups in total. The highest BCUT2D eigenvalue weighted by Crippen LogP contribution is 2.34. The first-order valence-corrected chi connectivity index (χ1v) is 8.67. The molecule has 0 bridgehead atoms. The van der Waals surface area contributed by atoms with Gasteiger partial charge in [-0.05, 0) is 35.7 Å². The summed E-state index contributed by atoms with van der Waals surface area (Å²) in [5.41, 5.74) is 2.50. The van der Waals surface area contributed by atoms with E-state index in [1.807, 2.05) is 24.3 Å². The molecule has 5 heteroatoms. The second-order valence-electron chi connectivity index (χ2n) is 6.78. The molecule has 0 atom stereocenters. The predicted molar refractivity (Wildman–Crippen MR) is 100 cm³/mol. The lowest BCUT2D eigenvalue weighted by atomic mass is 10.0. The SMILES string of the molecule is O=C(Nc1cc2c(-c3ccc4ccccc4c3)n[nH]c2cc1F)C1CC1. The van der Waals surface area contributed by atoms with Crippen molar-refractivity contribution in [3.8, 4) is 11.3 Å². The number of carbonyl (C=O) groups excluding carboxylic acids is 1. The molecule has 1 amide bonds. The van der Waals surface area contributed by atoms with Crippen molar-refractivity contribution in [2.24, 2.45) is 5.92 Å². The van der Waals surface area contributed by atoms with Gasteiger partial charge in [-0.15, -0.1) is 0 Å². The van der Waals surface area contributed by atoms with Gasteiger partial charge in [0, 0.05) is 22.9 Å². The van der Waals surface area contributed by atoms with Crippen LogP contribution in [-0.4, -0.2) is 16.1 Å². The molecule has 5 rings (SSSR count). The molecule has 26 heavy (non-hydrogen) atoms. The van der Waals surface area contributed by atoms with Crippen molar-refractivity contribution < 1.29 is 9.18 Å². The van der Waals surface area contributed by atoms with Crippen LogP contribution in [-0.2, 0) is 4.79 Å². The third kappa shape index (κ3) is 2.52. The fourth-order valence-electron chi connectivity index (χ4n) is 3.27. The minimum Gasteiger partial charge on any atom is -0.323 e. The van der Waals surface area contributed by atoms with Crippen LogP contribution in [0.3, 0.4) is 0 Å². The Morgan fingerprint density at radius 2 is 1.88 bits per heavy atom. The van der Waals surface area contributed by atoms with Gasteiger partial charge in [-0.3, -0.25) is 9.89 Å². The average molecular weight is 345 g/mol. The van der Waals surface area contributed by atoms with Crippen LogP contribution in [0, 0.1) is 11.7 Å². The number of H-pyrrole nitrogens is 1. The zero-order chi connectivity index (χ0) is 17.7. The van der Waals surface area contributed by atoms with E-state index in [4.69, 9.17) is 0 Å². The van der Waals surface area contributed by atoms with Gasteiger partial charge < -0.3 is 5.32 Å². The summed E-state index contributed by atoms with van der Waals surface area (Å²) in [5.74, 6) is -0.548. The number of carbonyl (C=O) groups is 1. The molecule has 4 nitrogen and oxygen atoms in total. The molecule has 3 aromatic carbocycles. The average Bonchev–Trinajstić information content (AvgIpc) is 3.43. The van der Waals surface area contributed by atoms with Gasteiger partial charge >= 0.3 is 0 Å². The Kier molecular flexibility index (Phi) is 3.28. The van der Waals surface area contributed by atoms with E-state index >= 15 is 0 Å². The number of benzene rings is 3. The normalized spacial score (nSPS) is 14.0. The Balaban J connectivity index is 1.61. The van der Waals surface area contributed by atoms with Crippen molar-refractivity contribution in [1.29, 1.82) is 0 Å². The molecule has 128 valence electrons. The summed E-state index contributed by atoms with van der Waals surface area (Å²) in [4.78, 5) is 12.0. The third-order valence-electron chi connectivity index (χ3n) is 4.88. The van der Waals surface area contributed by atoms with Crippen LogP contribution in [0.15, 0.2) is 54.6 Å². The molecule has 1 fully saturated rings. The second-order valence-corrected chi connectivity index (χ2v) is 6.78. The van der Waals surface area contributed by atoms with Gasteiger partial charge in [-0.25, -0.2) is 4.39 Å². The van der Waals surface area contributed by atoms with E-state index in [2.05, 4.69) is 33.7 Å². The van der Waals surface area contributed by atoms with Crippen LogP contribution in [0.5, 0.6) is 0 Å². The molecule has 0 radical (unpaired) electrons. The van der Waals surface area contributed by atoms with Crippen molar-refractivity contribution in [3.05, 3.63) is 60.4 Å². The van der Waals surface area contributed by atoms with Gasteiger partial charge in [-0.1, -0.05) is 36.4 Å². The smallest absolute Gasteiger partial charge is 0.227 e. The standard InChI is InChI=1S/C21H16FN3O/c22-17-11-18-16(10-19(17)23-21(26)13-6-7-13)20(25-24-18)15-8-5-12-3-1-2-4-14(12)9-15/h1-5,8-11,13H,6-7H2,(H,23,26)(H,24,25). The number of rotatable bonds is 3. The molecule has 0 unspecified atom stereocenters. The molecule has 1 aromatic heterocycles. The Morgan fingerprint density at radius 3 is 2.69 bits per heavy atom. The highest BCUT2D eigenvalue weighted by molar-refractivity contribution is 6.00. The summed E-state index contributed by atoms with van der Waals surface area (Å²) in [6.45, 7) is 0. The Bertz CT molecular complexity index is 1160. The van der Waals surface area contributed by atoms with Crippen LogP contribution < -0.4 is 5.32 Å². The minimum absolute atomic E-state index is 0.0226. The molecule has 0 saturated heterocycles. The van der Waals surface area contributed by atoms with Crippen molar-refractivity contribution >= 4 is 33.3 Å². The number of nitrogens with one attached hydrogen (secondary N) is 2. The van der Waals surface area contributed by atoms with E-state index in [9.17, 15) is 9.18 Å². The number of hydrogen-bond donors (Lipinski definition) is 2. The fourth-order valence-corrected chi connectivity index (χ4v) is 3.27. The molecule has 0 aliphatic heterocycles. The number of anilines is 1. The molecule has 1 heterocycles. The Hall–Kier alpha value is -3.21. The largest absolute Gasteiger partial charge is 0.323 e. The van der Waals surface area contributed by atoms with Crippen molar-refractivity contribution in [2.45, 2.75) is 12.8 Å². The number of halogens is 1. The summed E-state index contributed by atoms with van der Waals surface area (Å²) >= 11 is 0. The summed E-state index contributed by atoms with van der Waals surface area (Å²) < 4.78 is 14.3. The minimum atomic E-state index is -0.458. The second kappa shape index (κ2) is 5.66. The van der Waals surface area contributed by atoms with Crippen LogP contribution in [0.1, 0.15) is 12.8 Å². The topological polar surface area (TPSA) is 57.8 Å². The lowest BCUT2D eigenvalue weighted by Gasteiger charge is -2.07. The first-order valence-electron chi connectivity index (χ1n) is 8.67. The van der Waals surface area contributed by atoms with Gasteiger partial charge in [0.25, 0.3) is 0 Å². The molecule has 1 saturated carbocycles. The van der Waals surface area contributed by atoms with E-state index in [1.54, 1.807) is 6.07 Å². The maximum absolute atomic E-state index is 14.3. The molecule has 4 aromatic rings. The van der Waals surface area contributed by atoms with Gasteiger partial charge in [0.2, 0.25) is 5.91 Å². The molecule has 1 aliphatic rings. The molecular formula is C21H16FN3O. The maximum atomic E-state index is 14.3. The van der Waals surface area contributed by atoms with E-state index in [1.165, 1.54) is 6.07 Å². The monoisotopic (exact) mass is 345 g/mol. The van der Waals surface area contributed by atoms with Crippen LogP contribution in [0.2, 0.25) is 0 Å². The zero-order valence-electron chi connectivity index (χ0n) is 13.9. The van der Waals surface area contributed by atoms with Gasteiger partial charge in [0.1, 0.15) is 5.82 Å². The number of fused-ring (bicyclic) bond motifs is 2. The van der Waals surface area contributed by atoms with Gasteiger partial charge in [-0.2, -0.15) is 5.10 Å².